The second kappa shape index (κ2) is 21.4. The van der Waals surface area contributed by atoms with Crippen molar-refractivity contribution >= 4 is 5.97 Å². The SMILES string of the molecule is CCCCCCCCCCCCCCCCCC[N+](C)(C)CC(=O)OCC.[Cl-]. The molecule has 0 radical (unpaired) electrons. The van der Waals surface area contributed by atoms with Crippen LogP contribution in [0.25, 0.3) is 0 Å². The van der Waals surface area contributed by atoms with Crippen LogP contribution in [-0.4, -0.2) is 44.2 Å². The van der Waals surface area contributed by atoms with Gasteiger partial charge in [0.05, 0.1) is 27.2 Å². The van der Waals surface area contributed by atoms with E-state index in [0.717, 1.165) is 11.0 Å². The maximum Gasteiger partial charge on any atom is 0.361 e. The number of halogens is 1. The van der Waals surface area contributed by atoms with Gasteiger partial charge in [-0.25, -0.2) is 4.79 Å². The standard InChI is InChI=1S/C24H50NO2.ClH/c1-5-7-8-9-10-11-12-13-14-15-16-17-18-19-20-21-22-25(3,4)23-24(26)27-6-2;/h5-23H2,1-4H3;1H/q+1;/p-1. The minimum Gasteiger partial charge on any atom is -1.00 e. The summed E-state index contributed by atoms with van der Waals surface area (Å²) in [5.41, 5.74) is 0. The highest BCUT2D eigenvalue weighted by molar-refractivity contribution is 5.70. The number of hydrogen-bond acceptors (Lipinski definition) is 2. The average Bonchev–Trinajstić information content (AvgIpc) is 2.61. The van der Waals surface area contributed by atoms with Crippen LogP contribution in [0.2, 0.25) is 0 Å². The minimum atomic E-state index is -0.0704. The molecule has 0 heterocycles. The van der Waals surface area contributed by atoms with Gasteiger partial charge < -0.3 is 21.6 Å². The molecule has 0 rings (SSSR count). The molecule has 0 amide bonds. The van der Waals surface area contributed by atoms with Gasteiger partial charge in [-0.3, -0.25) is 0 Å². The van der Waals surface area contributed by atoms with Gasteiger partial charge in [-0.15, -0.1) is 0 Å². The van der Waals surface area contributed by atoms with Gasteiger partial charge >= 0.3 is 5.97 Å². The van der Waals surface area contributed by atoms with Crippen molar-refractivity contribution in [2.75, 3.05) is 33.8 Å². The molecule has 0 saturated carbocycles. The van der Waals surface area contributed by atoms with Gasteiger partial charge in [-0.05, 0) is 19.8 Å². The van der Waals surface area contributed by atoms with Crippen LogP contribution in [0.4, 0.5) is 0 Å². The van der Waals surface area contributed by atoms with E-state index in [1.807, 2.05) is 6.92 Å². The average molecular weight is 420 g/mol. The molecule has 0 N–H and O–H groups in total. The molecule has 0 aromatic rings. The zero-order valence-electron chi connectivity index (χ0n) is 19.6. The Kier molecular flexibility index (Phi) is 22.9. The second-order valence-electron chi connectivity index (χ2n) is 8.93. The smallest absolute Gasteiger partial charge is 0.361 e. The van der Waals surface area contributed by atoms with Gasteiger partial charge in [0.25, 0.3) is 0 Å². The van der Waals surface area contributed by atoms with Crippen LogP contribution in [0.5, 0.6) is 0 Å². The highest BCUT2D eigenvalue weighted by Gasteiger charge is 2.20. The van der Waals surface area contributed by atoms with Crippen molar-refractivity contribution in [2.24, 2.45) is 0 Å². The van der Waals surface area contributed by atoms with Crippen LogP contribution in [0.3, 0.4) is 0 Å². The summed E-state index contributed by atoms with van der Waals surface area (Å²) in [5.74, 6) is -0.0704. The summed E-state index contributed by atoms with van der Waals surface area (Å²) in [6, 6.07) is 0. The molecular formula is C24H50ClNO2. The molecule has 0 aliphatic carbocycles. The van der Waals surface area contributed by atoms with Crippen molar-refractivity contribution in [1.29, 1.82) is 0 Å². The first-order chi connectivity index (χ1) is 13.0. The van der Waals surface area contributed by atoms with Crippen molar-refractivity contribution in [2.45, 2.75) is 117 Å². The molecule has 4 heteroatoms. The Morgan fingerprint density at radius 3 is 1.36 bits per heavy atom. The molecule has 3 nitrogen and oxygen atoms in total. The quantitative estimate of drug-likeness (QED) is 0.170. The van der Waals surface area contributed by atoms with Crippen LogP contribution in [0.1, 0.15) is 117 Å². The van der Waals surface area contributed by atoms with Crippen molar-refractivity contribution in [1.82, 2.24) is 0 Å². The number of ether oxygens (including phenoxy) is 1. The second-order valence-corrected chi connectivity index (χ2v) is 8.93. The Hall–Kier alpha value is -0.280. The molecule has 0 fully saturated rings. The number of carbonyl (C=O) groups excluding carboxylic acids is 1. The molecule has 0 aromatic carbocycles. The fourth-order valence-corrected chi connectivity index (χ4v) is 3.72. The van der Waals surface area contributed by atoms with E-state index in [1.165, 1.54) is 103 Å². The van der Waals surface area contributed by atoms with Gasteiger partial charge in [-0.1, -0.05) is 96.8 Å². The van der Waals surface area contributed by atoms with Gasteiger partial charge in [0, 0.05) is 0 Å². The topological polar surface area (TPSA) is 26.3 Å². The van der Waals surface area contributed by atoms with E-state index in [9.17, 15) is 4.79 Å². The van der Waals surface area contributed by atoms with E-state index in [2.05, 4.69) is 21.0 Å². The van der Waals surface area contributed by atoms with Crippen LogP contribution >= 0.6 is 0 Å². The summed E-state index contributed by atoms with van der Waals surface area (Å²) < 4.78 is 5.80. The maximum atomic E-state index is 11.6. The Morgan fingerprint density at radius 1 is 0.643 bits per heavy atom. The lowest BCUT2D eigenvalue weighted by atomic mass is 10.0. The number of esters is 1. The van der Waals surface area contributed by atoms with Crippen molar-refractivity contribution < 1.29 is 26.4 Å². The molecule has 0 bridgehead atoms. The number of nitrogens with zero attached hydrogens (tertiary/aromatic N) is 1. The monoisotopic (exact) mass is 419 g/mol. The molecular weight excluding hydrogens is 370 g/mol. The first-order valence-corrected chi connectivity index (χ1v) is 12.0. The first-order valence-electron chi connectivity index (χ1n) is 12.0. The summed E-state index contributed by atoms with van der Waals surface area (Å²) >= 11 is 0. The first kappa shape index (κ1) is 29.9. The number of rotatable bonds is 20. The Labute approximate surface area is 183 Å². The minimum absolute atomic E-state index is 0. The summed E-state index contributed by atoms with van der Waals surface area (Å²) in [7, 11) is 4.25. The van der Waals surface area contributed by atoms with Gasteiger partial charge in [0.1, 0.15) is 0 Å². The molecule has 0 aromatic heterocycles. The predicted molar refractivity (Wildman–Crippen MR) is 118 cm³/mol. The summed E-state index contributed by atoms with van der Waals surface area (Å²) in [6.45, 7) is 6.20. The zero-order valence-corrected chi connectivity index (χ0v) is 20.3. The Bertz CT molecular complexity index is 335. The van der Waals surface area contributed by atoms with E-state index >= 15 is 0 Å². The fourth-order valence-electron chi connectivity index (χ4n) is 3.72. The number of carbonyl (C=O) groups is 1. The molecule has 28 heavy (non-hydrogen) atoms. The number of likely N-dealkylation sites (N-methyl/N-ethyl adjacent to an activating group) is 1. The third kappa shape index (κ3) is 22.0. The van der Waals surface area contributed by atoms with Gasteiger partial charge in [0.2, 0.25) is 0 Å². The van der Waals surface area contributed by atoms with E-state index in [0.29, 0.717) is 13.2 Å². The zero-order chi connectivity index (χ0) is 20.2. The van der Waals surface area contributed by atoms with Gasteiger partial charge in [0.15, 0.2) is 6.54 Å². The van der Waals surface area contributed by atoms with Crippen molar-refractivity contribution in [3.8, 4) is 0 Å². The molecule has 0 saturated heterocycles. The molecule has 0 unspecified atom stereocenters. The van der Waals surface area contributed by atoms with Crippen LogP contribution in [0.15, 0.2) is 0 Å². The third-order valence-corrected chi connectivity index (χ3v) is 5.48. The predicted octanol–water partition coefficient (Wildman–Crippen LogP) is 3.89. The fraction of sp³-hybridized carbons (Fsp3) is 0.958. The van der Waals surface area contributed by atoms with Crippen molar-refractivity contribution in [3.05, 3.63) is 0 Å². The normalized spacial score (nSPS) is 11.3. The van der Waals surface area contributed by atoms with Crippen LogP contribution < -0.4 is 12.4 Å². The highest BCUT2D eigenvalue weighted by Crippen LogP contribution is 2.14. The highest BCUT2D eigenvalue weighted by atomic mass is 35.5. The van der Waals surface area contributed by atoms with E-state index < -0.39 is 0 Å². The molecule has 170 valence electrons. The van der Waals surface area contributed by atoms with Crippen molar-refractivity contribution in [3.63, 3.8) is 0 Å². The summed E-state index contributed by atoms with van der Waals surface area (Å²) in [5, 5.41) is 0. The van der Waals surface area contributed by atoms with Crippen LogP contribution in [-0.2, 0) is 9.53 Å². The maximum absolute atomic E-state index is 11.6. The lowest BCUT2D eigenvalue weighted by Gasteiger charge is -2.28. The van der Waals surface area contributed by atoms with E-state index in [-0.39, 0.29) is 18.4 Å². The third-order valence-electron chi connectivity index (χ3n) is 5.48. The number of unbranched alkanes of at least 4 members (excludes halogenated alkanes) is 15. The van der Waals surface area contributed by atoms with E-state index in [4.69, 9.17) is 4.74 Å². The lowest BCUT2D eigenvalue weighted by molar-refractivity contribution is -0.883. The molecule has 0 aliphatic heterocycles. The summed E-state index contributed by atoms with van der Waals surface area (Å²) in [6.07, 6.45) is 22.4. The molecule has 0 aliphatic rings. The Balaban J connectivity index is 0. The summed E-state index contributed by atoms with van der Waals surface area (Å²) in [4.78, 5) is 11.6. The van der Waals surface area contributed by atoms with E-state index in [1.54, 1.807) is 0 Å². The number of hydrogen-bond donors (Lipinski definition) is 0. The van der Waals surface area contributed by atoms with Crippen LogP contribution in [0, 0.1) is 0 Å². The largest absolute Gasteiger partial charge is 1.00 e. The lowest BCUT2D eigenvalue weighted by Crippen LogP contribution is -3.00. The Morgan fingerprint density at radius 2 is 1.00 bits per heavy atom. The molecule has 0 spiro atoms. The van der Waals surface area contributed by atoms with Gasteiger partial charge in [-0.2, -0.15) is 0 Å². The number of quaternary nitrogens is 1. The molecule has 0 atom stereocenters.